The van der Waals surface area contributed by atoms with E-state index in [4.69, 9.17) is 5.73 Å². The second kappa shape index (κ2) is 8.93. The van der Waals surface area contributed by atoms with Crippen LogP contribution < -0.4 is 5.73 Å². The summed E-state index contributed by atoms with van der Waals surface area (Å²) in [5, 5.41) is 57.0. The first-order valence-electron chi connectivity index (χ1n) is 12.7. The van der Waals surface area contributed by atoms with E-state index >= 15 is 0 Å². The van der Waals surface area contributed by atoms with Crippen molar-refractivity contribution in [1.82, 2.24) is 4.90 Å². The van der Waals surface area contributed by atoms with Crippen molar-refractivity contribution in [1.29, 1.82) is 0 Å². The van der Waals surface area contributed by atoms with Crippen molar-refractivity contribution in [2.24, 2.45) is 17.6 Å². The van der Waals surface area contributed by atoms with Gasteiger partial charge in [0.25, 0.3) is 5.91 Å². The van der Waals surface area contributed by atoms with Crippen molar-refractivity contribution in [2.45, 2.75) is 69.6 Å². The largest absolute Gasteiger partial charge is 0.510 e. The molecule has 7 N–H and O–H groups in total. The molecule has 206 valence electrons. The first-order chi connectivity index (χ1) is 17.5. The molecule has 0 saturated heterocycles. The molecule has 1 amide bonds. The third-order valence-electron chi connectivity index (χ3n) is 8.74. The number of aliphatic hydroxyl groups excluding tert-OH is 3. The second-order valence-electron chi connectivity index (χ2n) is 11.6. The van der Waals surface area contributed by atoms with Crippen LogP contribution in [0, 0.1) is 11.8 Å². The minimum Gasteiger partial charge on any atom is -0.510 e. The van der Waals surface area contributed by atoms with Crippen molar-refractivity contribution in [3.63, 3.8) is 0 Å². The van der Waals surface area contributed by atoms with E-state index in [0.717, 1.165) is 12.8 Å². The molecule has 10 heteroatoms. The van der Waals surface area contributed by atoms with Gasteiger partial charge in [0.15, 0.2) is 11.4 Å². The number of phenolic OH excluding ortho intramolecular Hbond substituents is 1. The van der Waals surface area contributed by atoms with E-state index in [1.54, 1.807) is 19.1 Å². The number of rotatable bonds is 5. The summed E-state index contributed by atoms with van der Waals surface area (Å²) in [5.41, 5.74) is 1.56. The molecule has 1 aromatic rings. The molecule has 3 aliphatic rings. The molecule has 0 aliphatic heterocycles. The van der Waals surface area contributed by atoms with Crippen LogP contribution >= 0.6 is 0 Å². The van der Waals surface area contributed by atoms with Crippen molar-refractivity contribution >= 4 is 17.5 Å². The molecule has 0 bridgehead atoms. The molecule has 0 fully saturated rings. The van der Waals surface area contributed by atoms with Crippen LogP contribution in [0.25, 0.3) is 0 Å². The number of aromatic hydroxyl groups is 1. The fraction of sp³-hybridized carbons (Fsp3) is 0.536. The van der Waals surface area contributed by atoms with Gasteiger partial charge in [-0.3, -0.25) is 19.3 Å². The van der Waals surface area contributed by atoms with Crippen LogP contribution in [0.5, 0.6) is 5.75 Å². The smallest absolute Gasteiger partial charge is 0.255 e. The Morgan fingerprint density at radius 3 is 2.29 bits per heavy atom. The summed E-state index contributed by atoms with van der Waals surface area (Å²) in [4.78, 5) is 40.9. The number of likely N-dealkylation sites (N-methyl/N-ethyl adjacent to an activating group) is 1. The number of carbonyl (C=O) groups excluding carboxylic acids is 3. The Labute approximate surface area is 221 Å². The van der Waals surface area contributed by atoms with E-state index in [1.807, 2.05) is 20.8 Å². The van der Waals surface area contributed by atoms with E-state index in [2.05, 4.69) is 0 Å². The van der Waals surface area contributed by atoms with Crippen LogP contribution in [0.2, 0.25) is 0 Å². The highest BCUT2D eigenvalue weighted by atomic mass is 16.4. The Bertz CT molecular complexity index is 1310. The Morgan fingerprint density at radius 1 is 1.16 bits per heavy atom. The summed E-state index contributed by atoms with van der Waals surface area (Å²) in [6.45, 7) is 7.61. The number of fused-ring (bicyclic) bond motifs is 3. The second-order valence-corrected chi connectivity index (χ2v) is 11.6. The minimum absolute atomic E-state index is 0.0628. The highest BCUT2D eigenvalue weighted by Gasteiger charge is 2.67. The lowest BCUT2D eigenvalue weighted by Crippen LogP contribution is -2.68. The molecule has 10 nitrogen and oxygen atoms in total. The van der Waals surface area contributed by atoms with Gasteiger partial charge in [-0.2, -0.15) is 0 Å². The number of benzene rings is 1. The molecule has 6 atom stereocenters. The van der Waals surface area contributed by atoms with Gasteiger partial charge in [-0.25, -0.2) is 0 Å². The number of Topliss-reactive ketones (excluding diaryl/α,β-unsaturated/α-hetero) is 2. The van der Waals surface area contributed by atoms with E-state index in [-0.39, 0.29) is 11.3 Å². The van der Waals surface area contributed by atoms with E-state index in [0.29, 0.717) is 11.1 Å². The summed E-state index contributed by atoms with van der Waals surface area (Å²) in [6, 6.07) is 2.20. The number of nitrogens with zero attached hydrogens (tertiary/aromatic N) is 1. The van der Waals surface area contributed by atoms with Gasteiger partial charge in [-0.05, 0) is 37.4 Å². The maximum absolute atomic E-state index is 14.0. The quantitative estimate of drug-likeness (QED) is 0.310. The first-order valence-corrected chi connectivity index (χ1v) is 12.7. The molecule has 0 aromatic heterocycles. The number of ketones is 2. The monoisotopic (exact) mass is 528 g/mol. The Morgan fingerprint density at radius 2 is 1.76 bits per heavy atom. The summed E-state index contributed by atoms with van der Waals surface area (Å²) >= 11 is 0. The number of hydrogen-bond donors (Lipinski definition) is 6. The van der Waals surface area contributed by atoms with Crippen LogP contribution in [-0.4, -0.2) is 79.7 Å². The number of phenols is 1. The first kappa shape index (κ1) is 27.8. The lowest BCUT2D eigenvalue weighted by atomic mass is 9.55. The Kier molecular flexibility index (Phi) is 6.54. The maximum Gasteiger partial charge on any atom is 0.255 e. The average molecular weight is 529 g/mol. The maximum atomic E-state index is 14.0. The van der Waals surface area contributed by atoms with Crippen LogP contribution in [0.15, 0.2) is 34.8 Å². The van der Waals surface area contributed by atoms with Gasteiger partial charge in [-0.1, -0.05) is 46.2 Å². The van der Waals surface area contributed by atoms with Crippen LogP contribution in [0.3, 0.4) is 0 Å². The summed E-state index contributed by atoms with van der Waals surface area (Å²) in [5.74, 6) is -8.79. The molecule has 0 spiro atoms. The molecule has 38 heavy (non-hydrogen) atoms. The molecule has 4 unspecified atom stereocenters. The number of amides is 1. The number of hydrogen-bond acceptors (Lipinski definition) is 9. The third-order valence-corrected chi connectivity index (χ3v) is 8.74. The highest BCUT2D eigenvalue weighted by Crippen LogP contribution is 2.56. The SMILES string of the molecule is CCCC(C)(C)c1ccc2c(c1O)C(=O)C1=C(O)[C@]3(O)C(=O)C(C(N)=O)=C(O)[C@@H](N(C)C)C3C(O)C1C2C. The lowest BCUT2D eigenvalue weighted by molar-refractivity contribution is -0.162. The molecule has 1 aromatic carbocycles. The Hall–Kier alpha value is -3.21. The predicted octanol–water partition coefficient (Wildman–Crippen LogP) is 1.73. The number of carbonyl (C=O) groups is 3. The van der Waals surface area contributed by atoms with E-state index < -0.39 is 81.1 Å². The van der Waals surface area contributed by atoms with Crippen LogP contribution in [0.4, 0.5) is 0 Å². The van der Waals surface area contributed by atoms with Crippen molar-refractivity contribution < 1.29 is 39.9 Å². The van der Waals surface area contributed by atoms with Gasteiger partial charge in [-0.15, -0.1) is 0 Å². The topological polar surface area (TPSA) is 182 Å². The molecule has 0 radical (unpaired) electrons. The zero-order valence-electron chi connectivity index (χ0n) is 22.4. The molecule has 3 aliphatic carbocycles. The van der Waals surface area contributed by atoms with Gasteiger partial charge < -0.3 is 31.3 Å². The van der Waals surface area contributed by atoms with E-state index in [9.17, 15) is 39.9 Å². The molecule has 0 saturated carbocycles. The molecular weight excluding hydrogens is 492 g/mol. The average Bonchev–Trinajstić information content (AvgIpc) is 2.80. The minimum atomic E-state index is -2.92. The molecule has 0 heterocycles. The standard InChI is InChI=1S/C28H36N2O8/c1-7-10-27(3,4)13-9-8-12-11(2)14-16(21(32)15(12)20(13)31)24(35)28(38)18(22(14)33)19(30(5)6)23(34)17(25(28)36)26(29)37/h8-9,11,14,18-19,22,31,33-35,38H,7,10H2,1-6H3,(H2,29,37)/t11?,14?,18?,19-,22?,28-/m0/s1. The Balaban J connectivity index is 2.02. The van der Waals surface area contributed by atoms with Crippen molar-refractivity contribution in [2.75, 3.05) is 14.1 Å². The lowest BCUT2D eigenvalue weighted by Gasteiger charge is -2.53. The van der Waals surface area contributed by atoms with Crippen LogP contribution in [-0.2, 0) is 15.0 Å². The van der Waals surface area contributed by atoms with Gasteiger partial charge in [0.1, 0.15) is 22.8 Å². The number of nitrogens with two attached hydrogens (primary N) is 1. The fourth-order valence-corrected chi connectivity index (χ4v) is 6.93. The highest BCUT2D eigenvalue weighted by molar-refractivity contribution is 6.25. The summed E-state index contributed by atoms with van der Waals surface area (Å²) in [6.07, 6.45) is -0.0455. The predicted molar refractivity (Wildman–Crippen MR) is 138 cm³/mol. The fourth-order valence-electron chi connectivity index (χ4n) is 6.93. The van der Waals surface area contributed by atoms with Gasteiger partial charge in [0.2, 0.25) is 5.78 Å². The van der Waals surface area contributed by atoms with Gasteiger partial charge in [0.05, 0.1) is 23.6 Å². The number of aliphatic hydroxyl groups is 4. The number of primary amides is 1. The molecular formula is C28H36N2O8. The normalized spacial score (nSPS) is 31.3. The zero-order valence-corrected chi connectivity index (χ0v) is 22.4. The summed E-state index contributed by atoms with van der Waals surface area (Å²) in [7, 11) is 3.00. The van der Waals surface area contributed by atoms with E-state index in [1.165, 1.54) is 19.0 Å². The molecule has 4 rings (SSSR count). The summed E-state index contributed by atoms with van der Waals surface area (Å²) < 4.78 is 0. The zero-order chi connectivity index (χ0) is 28.6. The van der Waals surface area contributed by atoms with Crippen molar-refractivity contribution in [3.05, 3.63) is 51.5 Å². The van der Waals surface area contributed by atoms with Crippen molar-refractivity contribution in [3.8, 4) is 5.75 Å². The van der Waals surface area contributed by atoms with Gasteiger partial charge in [0, 0.05) is 17.1 Å². The van der Waals surface area contributed by atoms with Gasteiger partial charge >= 0.3 is 0 Å². The van der Waals surface area contributed by atoms with Crippen LogP contribution in [0.1, 0.15) is 67.9 Å². The third kappa shape index (κ3) is 3.47.